The highest BCUT2D eigenvalue weighted by Gasteiger charge is 2.33. The van der Waals surface area contributed by atoms with Crippen LogP contribution in [-0.4, -0.2) is 21.9 Å². The van der Waals surface area contributed by atoms with E-state index in [2.05, 4.69) is 0 Å². The highest BCUT2D eigenvalue weighted by Crippen LogP contribution is 2.38. The van der Waals surface area contributed by atoms with E-state index < -0.39 is 30.3 Å². The van der Waals surface area contributed by atoms with Crippen LogP contribution in [0, 0.1) is 0 Å². The van der Waals surface area contributed by atoms with E-state index in [0.717, 1.165) is 18.2 Å². The Bertz CT molecular complexity index is 326. The van der Waals surface area contributed by atoms with Gasteiger partial charge in [-0.15, -0.1) is 0 Å². The summed E-state index contributed by atoms with van der Waals surface area (Å²) in [6.45, 7) is -0.673. The molecule has 0 aliphatic rings. The van der Waals surface area contributed by atoms with Crippen molar-refractivity contribution >= 4 is 0 Å². The zero-order chi connectivity index (χ0) is 10.8. The summed E-state index contributed by atoms with van der Waals surface area (Å²) in [4.78, 5) is 0. The molecular weight excluding hydrogens is 194 g/mol. The van der Waals surface area contributed by atoms with Crippen molar-refractivity contribution in [2.75, 3.05) is 6.61 Å². The lowest BCUT2D eigenvalue weighted by Gasteiger charge is -2.16. The minimum absolute atomic E-state index is 0.286. The van der Waals surface area contributed by atoms with Gasteiger partial charge in [0.15, 0.2) is 0 Å². The van der Waals surface area contributed by atoms with Gasteiger partial charge in [0.2, 0.25) is 0 Å². The molecule has 1 aromatic carbocycles. The molecule has 0 fully saturated rings. The van der Waals surface area contributed by atoms with Gasteiger partial charge in [-0.1, -0.05) is 0 Å². The second-order valence-electron chi connectivity index (χ2n) is 2.88. The maximum absolute atomic E-state index is 13.1. The molecule has 1 aromatic rings. The van der Waals surface area contributed by atoms with Gasteiger partial charge in [-0.2, -0.15) is 0 Å². The summed E-state index contributed by atoms with van der Waals surface area (Å²) in [6.07, 6.45) is -0.759. The predicted octanol–water partition coefficient (Wildman–Crippen LogP) is 1.57. The third-order valence-electron chi connectivity index (χ3n) is 1.80. The normalized spacial score (nSPS) is 11.6. The molecule has 0 radical (unpaired) electrons. The number of aliphatic hydroxyl groups is 1. The van der Waals surface area contributed by atoms with Crippen LogP contribution in [-0.2, 0) is 5.92 Å². The SMILES string of the molecule is OCCC(F)(F)c1ccc(O)cc1O. The zero-order valence-electron chi connectivity index (χ0n) is 7.24. The third kappa shape index (κ3) is 2.11. The Hall–Kier alpha value is -1.36. The van der Waals surface area contributed by atoms with Crippen LogP contribution in [0.1, 0.15) is 12.0 Å². The second kappa shape index (κ2) is 3.79. The monoisotopic (exact) mass is 204 g/mol. The first kappa shape index (κ1) is 10.7. The number of hydrogen-bond donors (Lipinski definition) is 3. The summed E-state index contributed by atoms with van der Waals surface area (Å²) in [5.41, 5.74) is -0.593. The molecule has 0 amide bonds. The first-order chi connectivity index (χ1) is 6.47. The highest BCUT2D eigenvalue weighted by atomic mass is 19.3. The van der Waals surface area contributed by atoms with Crippen molar-refractivity contribution in [3.63, 3.8) is 0 Å². The zero-order valence-corrected chi connectivity index (χ0v) is 7.24. The van der Waals surface area contributed by atoms with Crippen LogP contribution in [0.4, 0.5) is 8.78 Å². The van der Waals surface area contributed by atoms with Crippen molar-refractivity contribution in [2.24, 2.45) is 0 Å². The average molecular weight is 204 g/mol. The summed E-state index contributed by atoms with van der Waals surface area (Å²) in [5, 5.41) is 26.4. The van der Waals surface area contributed by atoms with Gasteiger partial charge in [0.05, 0.1) is 5.56 Å². The predicted molar refractivity (Wildman–Crippen MR) is 45.4 cm³/mol. The van der Waals surface area contributed by atoms with Crippen molar-refractivity contribution < 1.29 is 24.1 Å². The van der Waals surface area contributed by atoms with E-state index in [1.807, 2.05) is 0 Å². The van der Waals surface area contributed by atoms with Crippen LogP contribution < -0.4 is 0 Å². The number of halogens is 2. The van der Waals surface area contributed by atoms with Gasteiger partial charge >= 0.3 is 0 Å². The van der Waals surface area contributed by atoms with Gasteiger partial charge in [-0.25, -0.2) is 8.78 Å². The molecule has 0 saturated heterocycles. The number of benzene rings is 1. The molecule has 3 N–H and O–H groups in total. The number of hydrogen-bond acceptors (Lipinski definition) is 3. The summed E-state index contributed by atoms with van der Waals surface area (Å²) in [5.74, 6) is -4.25. The van der Waals surface area contributed by atoms with E-state index >= 15 is 0 Å². The number of phenolic OH excluding ortho intramolecular Hbond substituents is 2. The van der Waals surface area contributed by atoms with Crippen molar-refractivity contribution in [2.45, 2.75) is 12.3 Å². The van der Waals surface area contributed by atoms with Crippen LogP contribution in [0.3, 0.4) is 0 Å². The molecule has 0 spiro atoms. The third-order valence-corrected chi connectivity index (χ3v) is 1.80. The largest absolute Gasteiger partial charge is 0.508 e. The fourth-order valence-corrected chi connectivity index (χ4v) is 1.10. The smallest absolute Gasteiger partial charge is 0.279 e. The number of phenols is 2. The van der Waals surface area contributed by atoms with Gasteiger partial charge in [-0.05, 0) is 12.1 Å². The topological polar surface area (TPSA) is 60.7 Å². The van der Waals surface area contributed by atoms with E-state index in [0.29, 0.717) is 0 Å². The van der Waals surface area contributed by atoms with E-state index in [4.69, 9.17) is 15.3 Å². The van der Waals surface area contributed by atoms with E-state index in [9.17, 15) is 8.78 Å². The fraction of sp³-hybridized carbons (Fsp3) is 0.333. The minimum atomic E-state index is -3.29. The van der Waals surface area contributed by atoms with Gasteiger partial charge in [0.1, 0.15) is 11.5 Å². The van der Waals surface area contributed by atoms with Crippen molar-refractivity contribution in [3.8, 4) is 11.5 Å². The quantitative estimate of drug-likeness (QED) is 0.700. The molecule has 0 aliphatic heterocycles. The van der Waals surface area contributed by atoms with E-state index in [-0.39, 0.29) is 5.75 Å². The molecule has 3 nitrogen and oxygen atoms in total. The molecule has 0 atom stereocenters. The second-order valence-corrected chi connectivity index (χ2v) is 2.88. The summed E-state index contributed by atoms with van der Waals surface area (Å²) >= 11 is 0. The minimum Gasteiger partial charge on any atom is -0.508 e. The van der Waals surface area contributed by atoms with Crippen LogP contribution >= 0.6 is 0 Å². The summed E-state index contributed by atoms with van der Waals surface area (Å²) in [7, 11) is 0. The molecule has 0 unspecified atom stereocenters. The molecule has 0 heterocycles. The van der Waals surface area contributed by atoms with Crippen molar-refractivity contribution in [3.05, 3.63) is 23.8 Å². The van der Waals surface area contributed by atoms with Crippen LogP contribution in [0.2, 0.25) is 0 Å². The summed E-state index contributed by atoms with van der Waals surface area (Å²) < 4.78 is 26.3. The van der Waals surface area contributed by atoms with Crippen molar-refractivity contribution in [1.82, 2.24) is 0 Å². The summed E-state index contributed by atoms with van der Waals surface area (Å²) in [6, 6.07) is 2.82. The Morgan fingerprint density at radius 3 is 2.36 bits per heavy atom. The van der Waals surface area contributed by atoms with Crippen LogP contribution in [0.5, 0.6) is 11.5 Å². The first-order valence-corrected chi connectivity index (χ1v) is 3.98. The van der Waals surface area contributed by atoms with Crippen LogP contribution in [0.25, 0.3) is 0 Å². The molecule has 0 aliphatic carbocycles. The Morgan fingerprint density at radius 1 is 1.21 bits per heavy atom. The standard InChI is InChI=1S/C9H10F2O3/c10-9(11,3-4-12)7-2-1-6(13)5-8(7)14/h1-2,5,12-14H,3-4H2. The van der Waals surface area contributed by atoms with Crippen molar-refractivity contribution in [1.29, 1.82) is 0 Å². The number of alkyl halides is 2. The fourth-order valence-electron chi connectivity index (χ4n) is 1.10. The lowest BCUT2D eigenvalue weighted by molar-refractivity contribution is -0.0287. The maximum atomic E-state index is 13.1. The molecule has 0 aromatic heterocycles. The average Bonchev–Trinajstić information content (AvgIpc) is 2.02. The molecule has 14 heavy (non-hydrogen) atoms. The Morgan fingerprint density at radius 2 is 1.86 bits per heavy atom. The molecule has 78 valence electrons. The first-order valence-electron chi connectivity index (χ1n) is 3.98. The molecule has 0 bridgehead atoms. The Labute approximate surface area is 79.2 Å². The molecule has 5 heteroatoms. The number of aromatic hydroxyl groups is 2. The van der Waals surface area contributed by atoms with Gasteiger partial charge in [0.25, 0.3) is 5.92 Å². The van der Waals surface area contributed by atoms with Gasteiger partial charge in [-0.3, -0.25) is 0 Å². The lowest BCUT2D eigenvalue weighted by Crippen LogP contribution is -2.15. The molecular formula is C9H10F2O3. The van der Waals surface area contributed by atoms with E-state index in [1.54, 1.807) is 0 Å². The van der Waals surface area contributed by atoms with E-state index in [1.165, 1.54) is 0 Å². The molecule has 0 saturated carbocycles. The Kier molecular flexibility index (Phi) is 2.90. The maximum Gasteiger partial charge on any atom is 0.279 e. The van der Waals surface area contributed by atoms with Crippen LogP contribution in [0.15, 0.2) is 18.2 Å². The van der Waals surface area contributed by atoms with Gasteiger partial charge in [0, 0.05) is 19.1 Å². The number of rotatable bonds is 3. The lowest BCUT2D eigenvalue weighted by atomic mass is 10.0. The molecule has 1 rings (SSSR count). The number of aliphatic hydroxyl groups excluding tert-OH is 1. The Balaban J connectivity index is 3.06. The van der Waals surface area contributed by atoms with Gasteiger partial charge < -0.3 is 15.3 Å². The highest BCUT2D eigenvalue weighted by molar-refractivity contribution is 5.41.